The molecule has 0 saturated heterocycles. The molecule has 0 radical (unpaired) electrons. The highest BCUT2D eigenvalue weighted by atomic mass is 35.5. The van der Waals surface area contributed by atoms with Gasteiger partial charge in [0.05, 0.1) is 17.3 Å². The van der Waals surface area contributed by atoms with Crippen LogP contribution in [0.25, 0.3) is 5.69 Å². The number of amides is 3. The number of halogens is 1. The van der Waals surface area contributed by atoms with E-state index in [4.69, 9.17) is 11.6 Å². The van der Waals surface area contributed by atoms with Crippen LogP contribution in [-0.2, 0) is 4.79 Å². The molecule has 0 bridgehead atoms. The zero-order chi connectivity index (χ0) is 17.7. The minimum Gasteiger partial charge on any atom is -0.376 e. The Morgan fingerprint density at radius 1 is 1.29 bits per heavy atom. The van der Waals surface area contributed by atoms with Gasteiger partial charge >= 0.3 is 6.03 Å². The van der Waals surface area contributed by atoms with Gasteiger partial charge in [-0.3, -0.25) is 10.1 Å². The molecule has 1 aromatic carbocycles. The Kier molecular flexibility index (Phi) is 5.46. The minimum atomic E-state index is -0.527. The van der Waals surface area contributed by atoms with Crippen LogP contribution in [0.1, 0.15) is 20.8 Å². The Balaban J connectivity index is 1.89. The Labute approximate surface area is 145 Å². The third-order valence-electron chi connectivity index (χ3n) is 2.89. The van der Waals surface area contributed by atoms with Gasteiger partial charge < -0.3 is 10.6 Å². The molecule has 0 aliphatic heterocycles. The molecule has 0 atom stereocenters. The first-order valence-electron chi connectivity index (χ1n) is 7.40. The summed E-state index contributed by atoms with van der Waals surface area (Å²) in [4.78, 5) is 23.4. The number of nitrogens with one attached hydrogen (secondary N) is 3. The van der Waals surface area contributed by atoms with Crippen LogP contribution in [0.5, 0.6) is 0 Å². The molecule has 0 unspecified atom stereocenters. The number of imide groups is 1. The Morgan fingerprint density at radius 2 is 2.04 bits per heavy atom. The quantitative estimate of drug-likeness (QED) is 0.791. The summed E-state index contributed by atoms with van der Waals surface area (Å²) in [6.45, 7) is 5.45. The molecule has 0 aliphatic rings. The van der Waals surface area contributed by atoms with Gasteiger partial charge in [-0.05, 0) is 45.0 Å². The third kappa shape index (κ3) is 5.27. The van der Waals surface area contributed by atoms with Crippen molar-refractivity contribution >= 4 is 29.2 Å². The largest absolute Gasteiger partial charge is 0.376 e. The Bertz CT molecular complexity index is 723. The molecule has 2 rings (SSSR count). The maximum absolute atomic E-state index is 11.8. The second-order valence-corrected chi connectivity index (χ2v) is 6.63. The summed E-state index contributed by atoms with van der Waals surface area (Å²) >= 11 is 6.23. The van der Waals surface area contributed by atoms with Crippen LogP contribution in [0.2, 0.25) is 5.02 Å². The molecule has 8 heteroatoms. The number of nitrogens with zero attached hydrogens (tertiary/aromatic N) is 2. The van der Waals surface area contributed by atoms with Crippen LogP contribution < -0.4 is 16.0 Å². The van der Waals surface area contributed by atoms with Crippen molar-refractivity contribution in [2.75, 3.05) is 11.9 Å². The van der Waals surface area contributed by atoms with Crippen LogP contribution in [0.15, 0.2) is 36.7 Å². The van der Waals surface area contributed by atoms with Crippen molar-refractivity contribution in [2.45, 2.75) is 26.3 Å². The highest BCUT2D eigenvalue weighted by molar-refractivity contribution is 6.32. The lowest BCUT2D eigenvalue weighted by molar-refractivity contribution is -0.118. The first kappa shape index (κ1) is 17.8. The lowest BCUT2D eigenvalue weighted by Gasteiger charge is -2.20. The van der Waals surface area contributed by atoms with Gasteiger partial charge in [0.2, 0.25) is 5.91 Å². The standard InChI is InChI=1S/C16H20ClN5O2/c1-16(2,3)21-15(24)20-14(23)10-18-11-5-6-13(12(17)9-11)22-8-4-7-19-22/h4-9,18H,10H2,1-3H3,(H2,20,21,23,24). The number of hydrogen-bond donors (Lipinski definition) is 3. The number of anilines is 1. The summed E-state index contributed by atoms with van der Waals surface area (Å²) in [7, 11) is 0. The number of rotatable bonds is 4. The maximum Gasteiger partial charge on any atom is 0.321 e. The van der Waals surface area contributed by atoms with E-state index in [1.807, 2.05) is 20.8 Å². The number of benzene rings is 1. The fourth-order valence-corrected chi connectivity index (χ4v) is 2.21. The third-order valence-corrected chi connectivity index (χ3v) is 3.20. The second-order valence-electron chi connectivity index (χ2n) is 6.22. The SMILES string of the molecule is CC(C)(C)NC(=O)NC(=O)CNc1ccc(-n2cccn2)c(Cl)c1. The van der Waals surface area contributed by atoms with E-state index < -0.39 is 17.5 Å². The maximum atomic E-state index is 11.8. The molecule has 7 nitrogen and oxygen atoms in total. The summed E-state index contributed by atoms with van der Waals surface area (Å²) in [5.74, 6) is -0.441. The van der Waals surface area contributed by atoms with Crippen LogP contribution >= 0.6 is 11.6 Å². The van der Waals surface area contributed by atoms with Crippen LogP contribution in [-0.4, -0.2) is 33.8 Å². The van der Waals surface area contributed by atoms with Gasteiger partial charge in [-0.1, -0.05) is 11.6 Å². The molecule has 0 aliphatic carbocycles. The lowest BCUT2D eigenvalue weighted by atomic mass is 10.1. The van der Waals surface area contributed by atoms with E-state index in [-0.39, 0.29) is 6.54 Å². The van der Waals surface area contributed by atoms with Gasteiger partial charge in [-0.2, -0.15) is 5.10 Å². The van der Waals surface area contributed by atoms with E-state index in [1.54, 1.807) is 41.3 Å². The number of carbonyl (C=O) groups excluding carboxylic acids is 2. The molecule has 1 aromatic heterocycles. The molecular weight excluding hydrogens is 330 g/mol. The summed E-state index contributed by atoms with van der Waals surface area (Å²) in [6, 6.07) is 6.55. The van der Waals surface area contributed by atoms with Gasteiger partial charge in [-0.25, -0.2) is 9.48 Å². The summed E-state index contributed by atoms with van der Waals surface area (Å²) in [5.41, 5.74) is 0.997. The second kappa shape index (κ2) is 7.35. The van der Waals surface area contributed by atoms with Crippen molar-refractivity contribution in [1.82, 2.24) is 20.4 Å². The highest BCUT2D eigenvalue weighted by Crippen LogP contribution is 2.23. The van der Waals surface area contributed by atoms with Crippen LogP contribution in [0.4, 0.5) is 10.5 Å². The molecule has 3 amide bonds. The number of hydrogen-bond acceptors (Lipinski definition) is 4. The average Bonchev–Trinajstić information content (AvgIpc) is 2.97. The Hall–Kier alpha value is -2.54. The smallest absolute Gasteiger partial charge is 0.321 e. The van der Waals surface area contributed by atoms with Crippen LogP contribution in [0, 0.1) is 0 Å². The van der Waals surface area contributed by atoms with E-state index in [2.05, 4.69) is 21.0 Å². The molecule has 3 N–H and O–H groups in total. The lowest BCUT2D eigenvalue weighted by Crippen LogP contribution is -2.49. The first-order chi connectivity index (χ1) is 11.2. The molecular formula is C16H20ClN5O2. The van der Waals surface area contributed by atoms with Gasteiger partial charge in [0.1, 0.15) is 0 Å². The first-order valence-corrected chi connectivity index (χ1v) is 7.78. The molecule has 24 heavy (non-hydrogen) atoms. The van der Waals surface area contributed by atoms with E-state index in [1.165, 1.54) is 0 Å². The molecule has 0 saturated carbocycles. The summed E-state index contributed by atoms with van der Waals surface area (Å²) < 4.78 is 1.65. The predicted octanol–water partition coefficient (Wildman–Crippen LogP) is 2.56. The normalized spacial score (nSPS) is 11.0. The van der Waals surface area contributed by atoms with Crippen LogP contribution in [0.3, 0.4) is 0 Å². The fourth-order valence-electron chi connectivity index (χ4n) is 1.94. The van der Waals surface area contributed by atoms with E-state index >= 15 is 0 Å². The zero-order valence-corrected chi connectivity index (χ0v) is 14.5. The number of aromatic nitrogens is 2. The van der Waals surface area contributed by atoms with E-state index in [0.29, 0.717) is 10.7 Å². The van der Waals surface area contributed by atoms with Crippen molar-refractivity contribution in [2.24, 2.45) is 0 Å². The minimum absolute atomic E-state index is 0.0466. The van der Waals surface area contributed by atoms with Gasteiger partial charge in [-0.15, -0.1) is 0 Å². The topological polar surface area (TPSA) is 88.0 Å². The molecule has 1 heterocycles. The predicted molar refractivity (Wildman–Crippen MR) is 93.5 cm³/mol. The fraction of sp³-hybridized carbons (Fsp3) is 0.312. The summed E-state index contributed by atoms with van der Waals surface area (Å²) in [6.07, 6.45) is 3.45. The van der Waals surface area contributed by atoms with Crippen molar-refractivity contribution in [3.8, 4) is 5.69 Å². The van der Waals surface area contributed by atoms with E-state index in [9.17, 15) is 9.59 Å². The van der Waals surface area contributed by atoms with Crippen molar-refractivity contribution in [3.05, 3.63) is 41.7 Å². The Morgan fingerprint density at radius 3 is 2.62 bits per heavy atom. The highest BCUT2D eigenvalue weighted by Gasteiger charge is 2.15. The molecule has 2 aromatic rings. The summed E-state index contributed by atoms with van der Waals surface area (Å²) in [5, 5.41) is 12.4. The zero-order valence-electron chi connectivity index (χ0n) is 13.8. The molecule has 0 fully saturated rings. The van der Waals surface area contributed by atoms with Crippen molar-refractivity contribution in [3.63, 3.8) is 0 Å². The van der Waals surface area contributed by atoms with Gasteiger partial charge in [0, 0.05) is 23.6 Å². The van der Waals surface area contributed by atoms with Gasteiger partial charge in [0.25, 0.3) is 0 Å². The number of urea groups is 1. The number of carbonyl (C=O) groups is 2. The van der Waals surface area contributed by atoms with E-state index in [0.717, 1.165) is 5.69 Å². The van der Waals surface area contributed by atoms with Crippen molar-refractivity contribution < 1.29 is 9.59 Å². The molecule has 0 spiro atoms. The van der Waals surface area contributed by atoms with Crippen molar-refractivity contribution in [1.29, 1.82) is 0 Å². The monoisotopic (exact) mass is 349 g/mol. The molecule has 128 valence electrons. The average molecular weight is 350 g/mol. The van der Waals surface area contributed by atoms with Gasteiger partial charge in [0.15, 0.2) is 0 Å².